The highest BCUT2D eigenvalue weighted by atomic mass is 16.5. The molecule has 110 valence electrons. The van der Waals surface area contributed by atoms with E-state index >= 15 is 0 Å². The maximum atomic E-state index is 12.1. The molecule has 1 aromatic heterocycles. The van der Waals surface area contributed by atoms with E-state index in [-0.39, 0.29) is 17.2 Å². The third-order valence-electron chi connectivity index (χ3n) is 2.95. The third kappa shape index (κ3) is 3.02. The average molecular weight is 289 g/mol. The molecule has 21 heavy (non-hydrogen) atoms. The highest BCUT2D eigenvalue weighted by Gasteiger charge is 2.15. The van der Waals surface area contributed by atoms with E-state index in [1.807, 2.05) is 0 Å². The van der Waals surface area contributed by atoms with E-state index in [2.05, 4.69) is 10.4 Å². The van der Waals surface area contributed by atoms with E-state index in [4.69, 9.17) is 9.84 Å². The molecule has 1 heterocycles. The first-order chi connectivity index (χ1) is 9.92. The number of carbonyl (C=O) groups excluding carboxylic acids is 1. The van der Waals surface area contributed by atoms with Crippen molar-refractivity contribution in [1.29, 1.82) is 0 Å². The topological polar surface area (TPSA) is 93.5 Å². The Kier molecular flexibility index (Phi) is 3.93. The van der Waals surface area contributed by atoms with Gasteiger partial charge in [0.05, 0.1) is 18.4 Å². The highest BCUT2D eigenvalue weighted by molar-refractivity contribution is 6.05. The van der Waals surface area contributed by atoms with Crippen molar-refractivity contribution in [3.05, 3.63) is 41.2 Å². The zero-order valence-corrected chi connectivity index (χ0v) is 11.9. The molecular formula is C14H15N3O4. The van der Waals surface area contributed by atoms with Gasteiger partial charge >= 0.3 is 5.97 Å². The number of nitrogens with one attached hydrogen (secondary N) is 1. The quantitative estimate of drug-likeness (QED) is 0.893. The Hall–Kier alpha value is -2.83. The monoisotopic (exact) mass is 289 g/mol. The van der Waals surface area contributed by atoms with Crippen molar-refractivity contribution >= 4 is 17.6 Å². The number of aromatic carboxylic acids is 1. The van der Waals surface area contributed by atoms with Gasteiger partial charge in [0, 0.05) is 25.0 Å². The minimum atomic E-state index is -1.09. The molecule has 1 aromatic carbocycles. The highest BCUT2D eigenvalue weighted by Crippen LogP contribution is 2.23. The van der Waals surface area contributed by atoms with Crippen LogP contribution in [0.15, 0.2) is 24.4 Å². The second kappa shape index (κ2) is 5.66. The molecule has 0 atom stereocenters. The number of anilines is 1. The zero-order chi connectivity index (χ0) is 15.6. The molecule has 1 amide bonds. The van der Waals surface area contributed by atoms with E-state index in [1.54, 1.807) is 24.9 Å². The number of aryl methyl sites for hydroxylation is 2. The molecule has 0 aliphatic carbocycles. The van der Waals surface area contributed by atoms with Gasteiger partial charge in [0.2, 0.25) is 0 Å². The van der Waals surface area contributed by atoms with Crippen molar-refractivity contribution in [2.75, 3.05) is 12.4 Å². The van der Waals surface area contributed by atoms with Crippen LogP contribution >= 0.6 is 0 Å². The fourth-order valence-electron chi connectivity index (χ4n) is 1.97. The fraction of sp³-hybridized carbons (Fsp3) is 0.214. The minimum absolute atomic E-state index is 0.0352. The number of carbonyl (C=O) groups is 2. The summed E-state index contributed by atoms with van der Waals surface area (Å²) in [6.07, 6.45) is 1.62. The predicted molar refractivity (Wildman–Crippen MR) is 75.9 cm³/mol. The van der Waals surface area contributed by atoms with E-state index in [1.165, 1.54) is 25.3 Å². The number of hydrogen-bond donors (Lipinski definition) is 2. The van der Waals surface area contributed by atoms with Gasteiger partial charge in [-0.3, -0.25) is 9.48 Å². The number of amides is 1. The summed E-state index contributed by atoms with van der Waals surface area (Å²) in [5.74, 6) is -1.22. The largest absolute Gasteiger partial charge is 0.496 e. The lowest BCUT2D eigenvalue weighted by molar-refractivity contribution is 0.0693. The first-order valence-electron chi connectivity index (χ1n) is 6.15. The minimum Gasteiger partial charge on any atom is -0.496 e. The van der Waals surface area contributed by atoms with Crippen LogP contribution in [0.25, 0.3) is 0 Å². The Balaban J connectivity index is 2.26. The van der Waals surface area contributed by atoms with Crippen molar-refractivity contribution in [1.82, 2.24) is 9.78 Å². The number of rotatable bonds is 4. The van der Waals surface area contributed by atoms with Crippen molar-refractivity contribution < 1.29 is 19.4 Å². The summed E-state index contributed by atoms with van der Waals surface area (Å²) >= 11 is 0. The maximum absolute atomic E-state index is 12.1. The zero-order valence-electron chi connectivity index (χ0n) is 11.9. The lowest BCUT2D eigenvalue weighted by Crippen LogP contribution is -2.13. The van der Waals surface area contributed by atoms with Crippen LogP contribution in [0.4, 0.5) is 5.69 Å². The van der Waals surface area contributed by atoms with Gasteiger partial charge in [-0.15, -0.1) is 0 Å². The number of hydrogen-bond acceptors (Lipinski definition) is 4. The molecule has 0 spiro atoms. The lowest BCUT2D eigenvalue weighted by Gasteiger charge is -2.09. The molecule has 2 rings (SSSR count). The molecule has 0 bridgehead atoms. The second-order valence-corrected chi connectivity index (χ2v) is 4.48. The first-order valence-corrected chi connectivity index (χ1v) is 6.15. The average Bonchev–Trinajstić information content (AvgIpc) is 2.77. The molecule has 0 fully saturated rings. The third-order valence-corrected chi connectivity index (χ3v) is 2.95. The van der Waals surface area contributed by atoms with E-state index in [0.717, 1.165) is 0 Å². The second-order valence-electron chi connectivity index (χ2n) is 4.48. The van der Waals surface area contributed by atoms with Gasteiger partial charge in [0.1, 0.15) is 11.3 Å². The van der Waals surface area contributed by atoms with Crippen LogP contribution in [0.3, 0.4) is 0 Å². The standard InChI is InChI=1S/C14H15N3O4/c1-8-11(7-17(2)16-8)13(18)15-9-4-5-10(14(19)20)12(6-9)21-3/h4-7H,1-3H3,(H,15,18)(H,19,20). The summed E-state index contributed by atoms with van der Waals surface area (Å²) in [6.45, 7) is 1.74. The van der Waals surface area contributed by atoms with Gasteiger partial charge in [-0.25, -0.2) is 4.79 Å². The molecule has 0 radical (unpaired) electrons. The number of carboxylic acids is 1. The molecule has 2 aromatic rings. The Morgan fingerprint density at radius 3 is 2.57 bits per heavy atom. The Morgan fingerprint density at radius 1 is 1.33 bits per heavy atom. The molecule has 7 heteroatoms. The molecule has 2 N–H and O–H groups in total. The van der Waals surface area contributed by atoms with Crippen molar-refractivity contribution in [3.63, 3.8) is 0 Å². The molecule has 0 aliphatic heterocycles. The smallest absolute Gasteiger partial charge is 0.339 e. The molecular weight excluding hydrogens is 274 g/mol. The molecule has 0 unspecified atom stereocenters. The van der Waals surface area contributed by atoms with Gasteiger partial charge in [-0.05, 0) is 19.1 Å². The summed E-state index contributed by atoms with van der Waals surface area (Å²) in [7, 11) is 3.10. The van der Waals surface area contributed by atoms with Crippen LogP contribution in [0.5, 0.6) is 5.75 Å². The number of aromatic nitrogens is 2. The SMILES string of the molecule is COc1cc(NC(=O)c2cn(C)nc2C)ccc1C(=O)O. The molecule has 0 saturated heterocycles. The van der Waals surface area contributed by atoms with Crippen molar-refractivity contribution in [2.45, 2.75) is 6.92 Å². The van der Waals surface area contributed by atoms with Gasteiger partial charge in [0.15, 0.2) is 0 Å². The number of benzene rings is 1. The van der Waals surface area contributed by atoms with Gasteiger partial charge in [0.25, 0.3) is 5.91 Å². The van der Waals surface area contributed by atoms with Gasteiger partial charge < -0.3 is 15.2 Å². The van der Waals surface area contributed by atoms with E-state index < -0.39 is 5.97 Å². The van der Waals surface area contributed by atoms with Crippen LogP contribution in [0.1, 0.15) is 26.4 Å². The number of methoxy groups -OCH3 is 1. The summed E-state index contributed by atoms with van der Waals surface area (Å²) in [6, 6.07) is 4.36. The summed E-state index contributed by atoms with van der Waals surface area (Å²) < 4.78 is 6.57. The van der Waals surface area contributed by atoms with Crippen molar-refractivity contribution in [2.24, 2.45) is 7.05 Å². The number of carboxylic acid groups (broad SMARTS) is 1. The van der Waals surface area contributed by atoms with Crippen LogP contribution in [-0.2, 0) is 7.05 Å². The van der Waals surface area contributed by atoms with E-state index in [0.29, 0.717) is 16.9 Å². The van der Waals surface area contributed by atoms with Crippen LogP contribution in [-0.4, -0.2) is 33.9 Å². The number of ether oxygens (including phenoxy) is 1. The maximum Gasteiger partial charge on any atom is 0.339 e. The molecule has 0 saturated carbocycles. The predicted octanol–water partition coefficient (Wildman–Crippen LogP) is 1.69. The summed E-state index contributed by atoms with van der Waals surface area (Å²) in [5, 5.41) is 15.8. The van der Waals surface area contributed by atoms with Crippen molar-refractivity contribution in [3.8, 4) is 5.75 Å². The Labute approximate surface area is 121 Å². The summed E-state index contributed by atoms with van der Waals surface area (Å²) in [4.78, 5) is 23.1. The summed E-state index contributed by atoms with van der Waals surface area (Å²) in [5.41, 5.74) is 1.56. The van der Waals surface area contributed by atoms with Crippen LogP contribution in [0.2, 0.25) is 0 Å². The number of nitrogens with zero attached hydrogens (tertiary/aromatic N) is 2. The molecule has 7 nitrogen and oxygen atoms in total. The molecule has 0 aliphatic rings. The van der Waals surface area contributed by atoms with Crippen LogP contribution < -0.4 is 10.1 Å². The lowest BCUT2D eigenvalue weighted by atomic mass is 10.1. The van der Waals surface area contributed by atoms with E-state index in [9.17, 15) is 9.59 Å². The Morgan fingerprint density at radius 2 is 2.05 bits per heavy atom. The fourth-order valence-corrected chi connectivity index (χ4v) is 1.97. The van der Waals surface area contributed by atoms with Gasteiger partial charge in [-0.2, -0.15) is 5.10 Å². The first kappa shape index (κ1) is 14.6. The Bertz CT molecular complexity index is 706. The normalized spacial score (nSPS) is 10.2. The van der Waals surface area contributed by atoms with Gasteiger partial charge in [-0.1, -0.05) is 0 Å². The van der Waals surface area contributed by atoms with Crippen LogP contribution in [0, 0.1) is 6.92 Å².